The summed E-state index contributed by atoms with van der Waals surface area (Å²) in [5, 5.41) is 8.56. The summed E-state index contributed by atoms with van der Waals surface area (Å²) in [5.41, 5.74) is -0.451. The van der Waals surface area contributed by atoms with E-state index in [-0.39, 0.29) is 11.3 Å². The van der Waals surface area contributed by atoms with Crippen LogP contribution in [0.2, 0.25) is 0 Å². The van der Waals surface area contributed by atoms with Gasteiger partial charge < -0.3 is 9.72 Å². The third-order valence-electron chi connectivity index (χ3n) is 1.44. The standard InChI is InChI=1S/C8H6N2O3/c1-13-8(12)5-2-3-7(11)10-6(5)4-9/h2-3H,1H3,(H,10,11). The largest absolute Gasteiger partial charge is 0.465 e. The Labute approximate surface area is 73.6 Å². The van der Waals surface area contributed by atoms with Gasteiger partial charge in [-0.1, -0.05) is 0 Å². The van der Waals surface area contributed by atoms with E-state index in [1.165, 1.54) is 13.2 Å². The summed E-state index contributed by atoms with van der Waals surface area (Å²) < 4.78 is 4.41. The Balaban J connectivity index is 3.31. The van der Waals surface area contributed by atoms with E-state index in [0.717, 1.165) is 6.07 Å². The lowest BCUT2D eigenvalue weighted by molar-refractivity contribution is 0.0600. The molecule has 0 aliphatic rings. The van der Waals surface area contributed by atoms with Gasteiger partial charge in [0.15, 0.2) is 0 Å². The van der Waals surface area contributed by atoms with E-state index in [1.807, 2.05) is 0 Å². The molecule has 5 nitrogen and oxygen atoms in total. The molecule has 0 saturated carbocycles. The fourth-order valence-electron chi connectivity index (χ4n) is 0.843. The number of aromatic nitrogens is 1. The Kier molecular flexibility index (Phi) is 2.45. The van der Waals surface area contributed by atoms with Crippen molar-refractivity contribution in [3.63, 3.8) is 0 Å². The molecule has 0 aliphatic carbocycles. The second kappa shape index (κ2) is 3.54. The molecular formula is C8H6N2O3. The molecule has 0 unspecified atom stereocenters. The van der Waals surface area contributed by atoms with E-state index in [0.29, 0.717) is 0 Å². The molecule has 0 spiro atoms. The Morgan fingerprint density at radius 2 is 2.31 bits per heavy atom. The van der Waals surface area contributed by atoms with Crippen molar-refractivity contribution in [2.75, 3.05) is 7.11 Å². The zero-order valence-corrected chi connectivity index (χ0v) is 6.83. The van der Waals surface area contributed by atoms with Gasteiger partial charge in [0.1, 0.15) is 11.8 Å². The number of nitrogens with one attached hydrogen (secondary N) is 1. The molecule has 0 bridgehead atoms. The Morgan fingerprint density at radius 3 is 2.85 bits per heavy atom. The topological polar surface area (TPSA) is 83.0 Å². The summed E-state index contributed by atoms with van der Waals surface area (Å²) in [7, 11) is 1.20. The summed E-state index contributed by atoms with van der Waals surface area (Å²) in [4.78, 5) is 24.0. The number of carbonyl (C=O) groups excluding carboxylic acids is 1. The number of nitriles is 1. The number of nitrogens with zero attached hydrogens (tertiary/aromatic N) is 1. The third kappa shape index (κ3) is 1.73. The lowest BCUT2D eigenvalue weighted by Crippen LogP contribution is -2.12. The quantitative estimate of drug-likeness (QED) is 0.615. The monoisotopic (exact) mass is 178 g/mol. The molecule has 0 aliphatic heterocycles. The minimum absolute atomic E-state index is 0.0598. The fraction of sp³-hybridized carbons (Fsp3) is 0.125. The molecular weight excluding hydrogens is 172 g/mol. The fourth-order valence-corrected chi connectivity index (χ4v) is 0.843. The lowest BCUT2D eigenvalue weighted by Gasteiger charge is -1.99. The SMILES string of the molecule is COC(=O)c1ccc(=O)[nH]c1C#N. The first kappa shape index (κ1) is 9.00. The van der Waals surface area contributed by atoms with Gasteiger partial charge in [0, 0.05) is 6.07 Å². The number of ether oxygens (including phenoxy) is 1. The number of esters is 1. The summed E-state index contributed by atoms with van der Waals surface area (Å²) in [5.74, 6) is -0.646. The van der Waals surface area contributed by atoms with Crippen LogP contribution in [0.4, 0.5) is 0 Å². The van der Waals surface area contributed by atoms with Crippen molar-refractivity contribution in [2.24, 2.45) is 0 Å². The number of hydrogen-bond donors (Lipinski definition) is 1. The smallest absolute Gasteiger partial charge is 0.340 e. The van der Waals surface area contributed by atoms with E-state index in [9.17, 15) is 9.59 Å². The summed E-state index contributed by atoms with van der Waals surface area (Å²) >= 11 is 0. The van der Waals surface area contributed by atoms with Crippen molar-refractivity contribution in [1.29, 1.82) is 5.26 Å². The molecule has 0 aromatic carbocycles. The van der Waals surface area contributed by atoms with Gasteiger partial charge in [-0.25, -0.2) is 4.79 Å². The number of aromatic amines is 1. The Morgan fingerprint density at radius 1 is 1.62 bits per heavy atom. The highest BCUT2D eigenvalue weighted by atomic mass is 16.5. The number of methoxy groups -OCH3 is 1. The summed E-state index contributed by atoms with van der Waals surface area (Å²) in [6, 6.07) is 4.11. The van der Waals surface area contributed by atoms with Gasteiger partial charge >= 0.3 is 5.97 Å². The molecule has 1 N–H and O–H groups in total. The molecule has 0 fully saturated rings. The Bertz CT molecular complexity index is 428. The molecule has 13 heavy (non-hydrogen) atoms. The minimum atomic E-state index is -0.646. The van der Waals surface area contributed by atoms with Gasteiger partial charge in [0.25, 0.3) is 0 Å². The average molecular weight is 178 g/mol. The van der Waals surface area contributed by atoms with Crippen LogP contribution in [-0.2, 0) is 4.74 Å². The van der Waals surface area contributed by atoms with Crippen LogP contribution >= 0.6 is 0 Å². The normalized spacial score (nSPS) is 8.92. The zero-order chi connectivity index (χ0) is 9.84. The Hall–Kier alpha value is -2.09. The molecule has 1 aromatic rings. The van der Waals surface area contributed by atoms with E-state index < -0.39 is 11.5 Å². The van der Waals surface area contributed by atoms with Crippen molar-refractivity contribution in [3.8, 4) is 6.07 Å². The first-order chi connectivity index (χ1) is 6.19. The molecule has 0 radical (unpaired) electrons. The molecule has 0 saturated heterocycles. The van der Waals surface area contributed by atoms with Crippen LogP contribution in [0, 0.1) is 11.3 Å². The van der Waals surface area contributed by atoms with Gasteiger partial charge in [0.2, 0.25) is 5.56 Å². The van der Waals surface area contributed by atoms with Gasteiger partial charge in [-0.15, -0.1) is 0 Å². The van der Waals surface area contributed by atoms with Gasteiger partial charge in [0.05, 0.1) is 12.7 Å². The molecule has 5 heteroatoms. The van der Waals surface area contributed by atoms with Crippen LogP contribution < -0.4 is 5.56 Å². The molecule has 0 atom stereocenters. The lowest BCUT2D eigenvalue weighted by atomic mass is 10.2. The van der Waals surface area contributed by atoms with Crippen molar-refractivity contribution in [1.82, 2.24) is 4.98 Å². The predicted molar refractivity (Wildman–Crippen MR) is 43.1 cm³/mol. The minimum Gasteiger partial charge on any atom is -0.465 e. The van der Waals surface area contributed by atoms with Crippen LogP contribution in [0.25, 0.3) is 0 Å². The maximum absolute atomic E-state index is 11.0. The average Bonchev–Trinajstić information content (AvgIpc) is 2.16. The van der Waals surface area contributed by atoms with Crippen molar-refractivity contribution in [3.05, 3.63) is 33.7 Å². The van der Waals surface area contributed by atoms with Crippen LogP contribution in [0.5, 0.6) is 0 Å². The molecule has 1 aromatic heterocycles. The van der Waals surface area contributed by atoms with Crippen LogP contribution in [0.1, 0.15) is 16.1 Å². The predicted octanol–water partition coefficient (Wildman–Crippen LogP) is 0.0332. The van der Waals surface area contributed by atoms with Crippen molar-refractivity contribution < 1.29 is 9.53 Å². The summed E-state index contributed by atoms with van der Waals surface area (Å²) in [6.45, 7) is 0. The summed E-state index contributed by atoms with van der Waals surface area (Å²) in [6.07, 6.45) is 0. The van der Waals surface area contributed by atoms with Gasteiger partial charge in [-0.2, -0.15) is 5.26 Å². The number of carbonyl (C=O) groups is 1. The number of H-pyrrole nitrogens is 1. The second-order valence-corrected chi connectivity index (χ2v) is 2.21. The van der Waals surface area contributed by atoms with E-state index in [2.05, 4.69) is 9.72 Å². The molecule has 0 amide bonds. The maximum Gasteiger partial charge on any atom is 0.340 e. The van der Waals surface area contributed by atoms with E-state index in [1.54, 1.807) is 6.07 Å². The van der Waals surface area contributed by atoms with Gasteiger partial charge in [-0.05, 0) is 6.07 Å². The highest BCUT2D eigenvalue weighted by Gasteiger charge is 2.11. The highest BCUT2D eigenvalue weighted by molar-refractivity contribution is 5.91. The van der Waals surface area contributed by atoms with Crippen molar-refractivity contribution >= 4 is 5.97 Å². The van der Waals surface area contributed by atoms with Crippen LogP contribution in [-0.4, -0.2) is 18.1 Å². The molecule has 1 heterocycles. The first-order valence-electron chi connectivity index (χ1n) is 3.40. The zero-order valence-electron chi connectivity index (χ0n) is 6.83. The van der Waals surface area contributed by atoms with E-state index in [4.69, 9.17) is 5.26 Å². The maximum atomic E-state index is 11.0. The number of hydrogen-bond acceptors (Lipinski definition) is 4. The second-order valence-electron chi connectivity index (χ2n) is 2.21. The van der Waals surface area contributed by atoms with Crippen LogP contribution in [0.3, 0.4) is 0 Å². The number of rotatable bonds is 1. The first-order valence-corrected chi connectivity index (χ1v) is 3.40. The van der Waals surface area contributed by atoms with E-state index >= 15 is 0 Å². The van der Waals surface area contributed by atoms with Crippen molar-refractivity contribution in [2.45, 2.75) is 0 Å². The van der Waals surface area contributed by atoms with Gasteiger partial charge in [-0.3, -0.25) is 4.79 Å². The molecule has 1 rings (SSSR count). The number of pyridine rings is 1. The third-order valence-corrected chi connectivity index (χ3v) is 1.44. The van der Waals surface area contributed by atoms with Crippen LogP contribution in [0.15, 0.2) is 16.9 Å². The highest BCUT2D eigenvalue weighted by Crippen LogP contribution is 2.02. The molecule has 66 valence electrons.